The summed E-state index contributed by atoms with van der Waals surface area (Å²) >= 11 is 0. The fourth-order valence-electron chi connectivity index (χ4n) is 4.82. The van der Waals surface area contributed by atoms with Crippen molar-refractivity contribution in [1.82, 2.24) is 30.1 Å². The van der Waals surface area contributed by atoms with Gasteiger partial charge in [0.15, 0.2) is 0 Å². The Kier molecular flexibility index (Phi) is 7.30. The highest BCUT2D eigenvalue weighted by Gasteiger charge is 2.21. The molecule has 5 aliphatic heterocycles. The lowest BCUT2D eigenvalue weighted by Gasteiger charge is -2.34. The summed E-state index contributed by atoms with van der Waals surface area (Å²) in [5.41, 5.74) is 4.93. The fourth-order valence-corrected chi connectivity index (χ4v) is 4.82. The molecule has 1 aromatic carbocycles. The molecule has 182 valence electrons. The normalized spacial score (nSPS) is 22.7. The zero-order chi connectivity index (χ0) is 24.0. The van der Waals surface area contributed by atoms with Crippen molar-refractivity contribution in [3.63, 3.8) is 0 Å². The third kappa shape index (κ3) is 6.21. The number of aromatic nitrogens is 3. The largest absolute Gasteiger partial charge is 0.352 e. The Hall–Kier alpha value is -3.36. The van der Waals surface area contributed by atoms with Gasteiger partial charge >= 0.3 is 0 Å². The number of nitrogens with one attached hydrogen (secondary N) is 2. The smallest absolute Gasteiger partial charge is 0.234 e. The predicted octanol–water partition coefficient (Wildman–Crippen LogP) is 3.24. The van der Waals surface area contributed by atoms with Crippen molar-refractivity contribution in [3.05, 3.63) is 66.1 Å². The number of carbonyl (C=O) groups excluding carboxylic acids is 1. The second kappa shape index (κ2) is 10.9. The van der Waals surface area contributed by atoms with Crippen LogP contribution in [-0.2, 0) is 17.8 Å². The molecule has 3 aromatic rings. The molecule has 1 fully saturated rings. The number of amides is 1. The zero-order valence-electron chi connectivity index (χ0n) is 20.3. The molecular formula is C27H33N7O. The van der Waals surface area contributed by atoms with E-state index in [0.29, 0.717) is 12.5 Å². The minimum Gasteiger partial charge on any atom is -0.352 e. The molecule has 0 saturated carbocycles. The second-order valence-electron chi connectivity index (χ2n) is 9.44. The van der Waals surface area contributed by atoms with Gasteiger partial charge in [0.25, 0.3) is 0 Å². The zero-order valence-corrected chi connectivity index (χ0v) is 20.3. The minimum atomic E-state index is 0.0856. The van der Waals surface area contributed by atoms with Crippen molar-refractivity contribution in [2.45, 2.75) is 38.8 Å². The molecule has 7 heterocycles. The maximum Gasteiger partial charge on any atom is 0.234 e. The van der Waals surface area contributed by atoms with Gasteiger partial charge in [0.1, 0.15) is 0 Å². The van der Waals surface area contributed by atoms with E-state index in [-0.39, 0.29) is 11.9 Å². The first-order valence-corrected chi connectivity index (χ1v) is 12.5. The maximum absolute atomic E-state index is 12.8. The van der Waals surface area contributed by atoms with Gasteiger partial charge in [-0.1, -0.05) is 25.5 Å². The molecule has 0 radical (unpaired) electrons. The first-order chi connectivity index (χ1) is 17.1. The summed E-state index contributed by atoms with van der Waals surface area (Å²) in [5, 5.41) is 6.62. The molecule has 8 rings (SSSR count). The van der Waals surface area contributed by atoms with Gasteiger partial charge in [-0.25, -0.2) is 9.97 Å². The fraction of sp³-hybridized carbons (Fsp3) is 0.407. The standard InChI is InChI=1S/C27H33N7O/c1-2-4-23-16-22-8-7-21(17-29-22)25-9-10-28-27(32-25)31-24-6-3-5-20(15-24)18-33-11-13-34(14-12-33)19-26(35)30-23/h3,5-10,15,17,23H,2,4,11-14,16,18-19H2,1H3,(H,30,35)(H,28,31,32). The van der Waals surface area contributed by atoms with E-state index in [1.54, 1.807) is 6.20 Å². The Labute approximate surface area is 206 Å². The van der Waals surface area contributed by atoms with Crippen LogP contribution >= 0.6 is 0 Å². The highest BCUT2D eigenvalue weighted by Crippen LogP contribution is 2.21. The first kappa shape index (κ1) is 23.4. The van der Waals surface area contributed by atoms with Gasteiger partial charge in [0, 0.05) is 74.5 Å². The second-order valence-corrected chi connectivity index (χ2v) is 9.44. The van der Waals surface area contributed by atoms with E-state index >= 15 is 0 Å². The van der Waals surface area contributed by atoms with Crippen LogP contribution in [-0.4, -0.2) is 69.4 Å². The van der Waals surface area contributed by atoms with Gasteiger partial charge in [0.05, 0.1) is 12.2 Å². The van der Waals surface area contributed by atoms with Gasteiger partial charge in [-0.05, 0) is 42.3 Å². The van der Waals surface area contributed by atoms with Crippen LogP contribution < -0.4 is 10.6 Å². The predicted molar refractivity (Wildman–Crippen MR) is 137 cm³/mol. The van der Waals surface area contributed by atoms with Crippen LogP contribution in [0.25, 0.3) is 11.3 Å². The Morgan fingerprint density at radius 2 is 1.83 bits per heavy atom. The summed E-state index contributed by atoms with van der Waals surface area (Å²) in [4.78, 5) is 31.3. The lowest BCUT2D eigenvalue weighted by molar-refractivity contribution is -0.123. The number of piperazine rings is 1. The number of hydrogen-bond donors (Lipinski definition) is 2. The quantitative estimate of drug-likeness (QED) is 0.593. The van der Waals surface area contributed by atoms with Crippen LogP contribution in [0.2, 0.25) is 0 Å². The molecule has 8 nitrogen and oxygen atoms in total. The van der Waals surface area contributed by atoms with Crippen LogP contribution in [0.3, 0.4) is 0 Å². The summed E-state index contributed by atoms with van der Waals surface area (Å²) in [5.74, 6) is 0.667. The molecule has 35 heavy (non-hydrogen) atoms. The Morgan fingerprint density at radius 3 is 2.60 bits per heavy atom. The highest BCUT2D eigenvalue weighted by molar-refractivity contribution is 5.78. The van der Waals surface area contributed by atoms with E-state index in [2.05, 4.69) is 55.5 Å². The lowest BCUT2D eigenvalue weighted by atomic mass is 10.0. The summed E-state index contributed by atoms with van der Waals surface area (Å²) in [6, 6.07) is 14.5. The van der Waals surface area contributed by atoms with E-state index in [1.807, 2.05) is 30.5 Å². The van der Waals surface area contributed by atoms with Crippen molar-refractivity contribution in [2.24, 2.45) is 0 Å². The lowest BCUT2D eigenvalue weighted by Crippen LogP contribution is -2.50. The van der Waals surface area contributed by atoms with Crippen LogP contribution in [0, 0.1) is 0 Å². The SMILES string of the molecule is CCCC1Cc2ccc(cn2)-c2ccnc(n2)Nc2cccc(c2)CN2CCN(CC2)CC(=O)N1. The third-order valence-electron chi connectivity index (χ3n) is 6.66. The molecule has 2 aromatic heterocycles. The Bertz CT molecular complexity index is 1140. The molecule has 2 N–H and O–H groups in total. The molecule has 0 spiro atoms. The third-order valence-corrected chi connectivity index (χ3v) is 6.66. The van der Waals surface area contributed by atoms with Crippen molar-refractivity contribution in [3.8, 4) is 11.3 Å². The molecule has 0 aliphatic carbocycles. The average molecular weight is 472 g/mol. The Balaban J connectivity index is 1.43. The van der Waals surface area contributed by atoms with Gasteiger partial charge in [0.2, 0.25) is 11.9 Å². The van der Waals surface area contributed by atoms with Crippen LogP contribution in [0.5, 0.6) is 0 Å². The topological polar surface area (TPSA) is 86.3 Å². The number of anilines is 2. The molecule has 1 unspecified atom stereocenters. The number of hydrogen-bond acceptors (Lipinski definition) is 7. The number of carbonyl (C=O) groups is 1. The van der Waals surface area contributed by atoms with E-state index in [1.165, 1.54) is 5.56 Å². The monoisotopic (exact) mass is 471 g/mol. The number of nitrogens with zero attached hydrogens (tertiary/aromatic N) is 5. The van der Waals surface area contributed by atoms with E-state index in [4.69, 9.17) is 4.98 Å². The van der Waals surface area contributed by atoms with Crippen molar-refractivity contribution >= 4 is 17.5 Å². The van der Waals surface area contributed by atoms with Crippen LogP contribution in [0.15, 0.2) is 54.9 Å². The first-order valence-electron chi connectivity index (χ1n) is 12.5. The summed E-state index contributed by atoms with van der Waals surface area (Å²) in [6.45, 7) is 7.18. The van der Waals surface area contributed by atoms with Crippen molar-refractivity contribution < 1.29 is 4.79 Å². The number of rotatable bonds is 2. The van der Waals surface area contributed by atoms with Crippen molar-refractivity contribution in [1.29, 1.82) is 0 Å². The molecule has 8 bridgehead atoms. The van der Waals surface area contributed by atoms with E-state index in [0.717, 1.165) is 74.6 Å². The van der Waals surface area contributed by atoms with E-state index < -0.39 is 0 Å². The number of benzene rings is 1. The maximum atomic E-state index is 12.8. The van der Waals surface area contributed by atoms with Crippen LogP contribution in [0.4, 0.5) is 11.6 Å². The van der Waals surface area contributed by atoms with Crippen LogP contribution in [0.1, 0.15) is 31.0 Å². The summed E-state index contributed by atoms with van der Waals surface area (Å²) < 4.78 is 0. The average Bonchev–Trinajstić information content (AvgIpc) is 2.86. The van der Waals surface area contributed by atoms with Crippen molar-refractivity contribution in [2.75, 3.05) is 38.0 Å². The molecule has 8 heteroatoms. The molecule has 1 amide bonds. The molecule has 5 aliphatic rings. The molecule has 1 saturated heterocycles. The van der Waals surface area contributed by atoms with E-state index in [9.17, 15) is 4.79 Å². The van der Waals surface area contributed by atoms with Gasteiger partial charge in [-0.2, -0.15) is 0 Å². The number of pyridine rings is 1. The van der Waals surface area contributed by atoms with Gasteiger partial charge in [-0.15, -0.1) is 0 Å². The highest BCUT2D eigenvalue weighted by atomic mass is 16.2. The summed E-state index contributed by atoms with van der Waals surface area (Å²) in [7, 11) is 0. The van der Waals surface area contributed by atoms with Gasteiger partial charge in [-0.3, -0.25) is 19.6 Å². The Morgan fingerprint density at radius 1 is 1.00 bits per heavy atom. The van der Waals surface area contributed by atoms with Gasteiger partial charge < -0.3 is 10.6 Å². The molecule has 1 atom stereocenters. The summed E-state index contributed by atoms with van der Waals surface area (Å²) in [6.07, 6.45) is 6.29. The minimum absolute atomic E-state index is 0.0856. The molecular weight excluding hydrogens is 438 g/mol.